The largest absolute Gasteiger partial charge is 0.433 e. The van der Waals surface area contributed by atoms with Crippen LogP contribution in [0.1, 0.15) is 47.6 Å². The normalized spacial score (nSPS) is 19.6. The molecule has 0 unspecified atom stereocenters. The number of nitrogens with zero attached hydrogens (tertiary/aromatic N) is 6. The molecule has 2 atom stereocenters. The lowest BCUT2D eigenvalue weighted by molar-refractivity contribution is -0.141. The molecule has 0 saturated heterocycles. The molecule has 3 aromatic rings. The molecule has 34 heavy (non-hydrogen) atoms. The van der Waals surface area contributed by atoms with Crippen LogP contribution in [0.5, 0.6) is 0 Å². The highest BCUT2D eigenvalue weighted by molar-refractivity contribution is 6.03. The molecule has 2 N–H and O–H groups in total. The molecule has 1 aliphatic heterocycles. The Morgan fingerprint density at radius 3 is 2.76 bits per heavy atom. The Bertz CT molecular complexity index is 1250. The van der Waals surface area contributed by atoms with Crippen molar-refractivity contribution in [1.29, 1.82) is 0 Å². The summed E-state index contributed by atoms with van der Waals surface area (Å²) < 4.78 is 39.9. The van der Waals surface area contributed by atoms with Crippen molar-refractivity contribution in [2.24, 2.45) is 0 Å². The summed E-state index contributed by atoms with van der Waals surface area (Å²) in [6.45, 7) is 3.96. The number of hydrogen-bond donors (Lipinski definition) is 2. The minimum atomic E-state index is -4.46. The Morgan fingerprint density at radius 2 is 2.06 bits per heavy atom. The molecule has 9 nitrogen and oxygen atoms in total. The number of amides is 1. The lowest BCUT2D eigenvalue weighted by atomic mass is 10.1. The highest BCUT2D eigenvalue weighted by Gasteiger charge is 2.33. The number of carbonyl (C=O) groups is 1. The molecule has 0 bridgehead atoms. The van der Waals surface area contributed by atoms with E-state index in [-0.39, 0.29) is 18.0 Å². The quantitative estimate of drug-likeness (QED) is 0.601. The summed E-state index contributed by atoms with van der Waals surface area (Å²) in [4.78, 5) is 26.6. The average Bonchev–Trinajstić information content (AvgIpc) is 3.34. The summed E-state index contributed by atoms with van der Waals surface area (Å²) in [5.41, 5.74) is 2.94. The number of likely N-dealkylation sites (N-methyl/N-ethyl adjacent to an activating group) is 1. The van der Waals surface area contributed by atoms with Crippen LogP contribution >= 0.6 is 0 Å². The summed E-state index contributed by atoms with van der Waals surface area (Å²) in [6, 6.07) is 2.00. The van der Waals surface area contributed by atoms with Crippen LogP contribution in [-0.2, 0) is 23.9 Å². The molecule has 0 spiro atoms. The van der Waals surface area contributed by atoms with Gasteiger partial charge in [-0.05, 0) is 38.3 Å². The highest BCUT2D eigenvalue weighted by Crippen LogP contribution is 2.36. The summed E-state index contributed by atoms with van der Waals surface area (Å²) in [5.74, 6) is 1.02. The number of carbonyl (C=O) groups excluding carboxylic acids is 1. The van der Waals surface area contributed by atoms with Crippen LogP contribution < -0.4 is 15.5 Å². The van der Waals surface area contributed by atoms with Gasteiger partial charge in [-0.2, -0.15) is 23.3 Å². The Balaban J connectivity index is 1.33. The fourth-order valence-electron chi connectivity index (χ4n) is 4.27. The van der Waals surface area contributed by atoms with E-state index in [1.807, 2.05) is 32.0 Å². The summed E-state index contributed by atoms with van der Waals surface area (Å²) in [7, 11) is 1.83. The maximum absolute atomic E-state index is 12.7. The van der Waals surface area contributed by atoms with E-state index in [2.05, 4.69) is 30.7 Å². The Hall–Kier alpha value is -3.70. The molecule has 178 valence electrons. The molecule has 4 heterocycles. The van der Waals surface area contributed by atoms with Gasteiger partial charge >= 0.3 is 6.18 Å². The zero-order valence-electron chi connectivity index (χ0n) is 18.8. The number of hydrogen-bond acceptors (Lipinski definition) is 7. The number of anilines is 3. The van der Waals surface area contributed by atoms with E-state index in [0.717, 1.165) is 30.2 Å². The molecule has 3 aromatic heterocycles. The molecule has 0 aromatic carbocycles. The number of fused-ring (bicyclic) bond motifs is 2. The van der Waals surface area contributed by atoms with Crippen molar-refractivity contribution in [3.05, 3.63) is 52.7 Å². The number of aryl methyl sites for hydroxylation is 2. The fraction of sp³-hybridized carbons (Fsp3) is 0.409. The van der Waals surface area contributed by atoms with Gasteiger partial charge in [0, 0.05) is 25.0 Å². The molecular formula is C22H23F3N8O. The second-order valence-corrected chi connectivity index (χ2v) is 8.62. The Morgan fingerprint density at radius 1 is 1.26 bits per heavy atom. The number of halogens is 3. The second kappa shape index (κ2) is 7.96. The predicted molar refractivity (Wildman–Crippen MR) is 119 cm³/mol. The molecule has 0 fully saturated rings. The highest BCUT2D eigenvalue weighted by atomic mass is 19.4. The van der Waals surface area contributed by atoms with Gasteiger partial charge in [-0.15, -0.1) is 0 Å². The number of aromatic nitrogens is 5. The maximum atomic E-state index is 12.7. The fourth-order valence-corrected chi connectivity index (χ4v) is 4.27. The molecule has 2 aliphatic rings. The molecule has 1 amide bonds. The van der Waals surface area contributed by atoms with Gasteiger partial charge in [-0.1, -0.05) is 6.07 Å². The third-order valence-electron chi connectivity index (χ3n) is 6.29. The van der Waals surface area contributed by atoms with Gasteiger partial charge in [-0.3, -0.25) is 14.5 Å². The van der Waals surface area contributed by atoms with E-state index in [0.29, 0.717) is 35.3 Å². The van der Waals surface area contributed by atoms with Crippen molar-refractivity contribution >= 4 is 23.4 Å². The molecule has 1 aliphatic carbocycles. The van der Waals surface area contributed by atoms with Crippen LogP contribution in [0, 0.1) is 6.92 Å². The monoisotopic (exact) mass is 472 g/mol. The third kappa shape index (κ3) is 3.93. The van der Waals surface area contributed by atoms with Crippen LogP contribution in [0.4, 0.5) is 30.6 Å². The van der Waals surface area contributed by atoms with Crippen LogP contribution in [0.3, 0.4) is 0 Å². The molecule has 5 rings (SSSR count). The van der Waals surface area contributed by atoms with E-state index in [4.69, 9.17) is 0 Å². The van der Waals surface area contributed by atoms with Crippen LogP contribution in [0.2, 0.25) is 0 Å². The van der Waals surface area contributed by atoms with E-state index < -0.39 is 11.9 Å². The van der Waals surface area contributed by atoms with Crippen molar-refractivity contribution in [2.75, 3.05) is 22.6 Å². The van der Waals surface area contributed by atoms with Gasteiger partial charge < -0.3 is 15.5 Å². The van der Waals surface area contributed by atoms with E-state index >= 15 is 0 Å². The Kier molecular flexibility index (Phi) is 5.18. The first-order valence-corrected chi connectivity index (χ1v) is 10.9. The average molecular weight is 472 g/mol. The van der Waals surface area contributed by atoms with E-state index in [1.54, 1.807) is 4.68 Å². The summed E-state index contributed by atoms with van der Waals surface area (Å²) >= 11 is 0. The van der Waals surface area contributed by atoms with E-state index in [9.17, 15) is 18.0 Å². The van der Waals surface area contributed by atoms with Crippen molar-refractivity contribution in [3.63, 3.8) is 0 Å². The summed E-state index contributed by atoms with van der Waals surface area (Å²) in [5, 5.41) is 10.8. The maximum Gasteiger partial charge on any atom is 0.433 e. The number of rotatable bonds is 4. The zero-order chi connectivity index (χ0) is 24.2. The van der Waals surface area contributed by atoms with Crippen molar-refractivity contribution in [2.45, 2.75) is 51.5 Å². The SMILES string of the molecule is Cc1nc(N[C@@H]2CCc3nn(Cc4ccc(C(F)(F)F)nc4)cc32)nc2c1NC(=O)[C@H](C)N2C. The Labute approximate surface area is 193 Å². The molecule has 12 heteroatoms. The number of nitrogens with one attached hydrogen (secondary N) is 2. The lowest BCUT2D eigenvalue weighted by Crippen LogP contribution is -2.44. The van der Waals surface area contributed by atoms with Gasteiger partial charge in [0.2, 0.25) is 11.9 Å². The van der Waals surface area contributed by atoms with E-state index in [1.165, 1.54) is 12.3 Å². The standard InChI is InChI=1S/C22H23F3N8O/c1-11-18-19(32(3)12(2)20(34)29-18)30-21(27-11)28-15-5-6-16-14(15)10-33(31-16)9-13-4-7-17(26-8-13)22(23,24)25/h4,7-8,10,12,15H,5-6,9H2,1-3H3,(H,29,34)(H,27,28,30)/t12-,15+/m0/s1. The van der Waals surface area contributed by atoms with Gasteiger partial charge in [0.25, 0.3) is 0 Å². The number of alkyl halides is 3. The van der Waals surface area contributed by atoms with Crippen LogP contribution in [0.15, 0.2) is 24.5 Å². The molecule has 0 radical (unpaired) electrons. The molecule has 0 saturated carbocycles. The first-order chi connectivity index (χ1) is 16.1. The van der Waals surface area contributed by atoms with Crippen LogP contribution in [-0.4, -0.2) is 43.7 Å². The zero-order valence-corrected chi connectivity index (χ0v) is 18.8. The van der Waals surface area contributed by atoms with Crippen LogP contribution in [0.25, 0.3) is 0 Å². The van der Waals surface area contributed by atoms with Crippen molar-refractivity contribution in [1.82, 2.24) is 24.7 Å². The second-order valence-electron chi connectivity index (χ2n) is 8.62. The minimum absolute atomic E-state index is 0.0483. The number of pyridine rings is 1. The minimum Gasteiger partial charge on any atom is -0.347 e. The third-order valence-corrected chi connectivity index (χ3v) is 6.29. The molecular weight excluding hydrogens is 449 g/mol. The first kappa shape index (κ1) is 22.1. The van der Waals surface area contributed by atoms with Crippen molar-refractivity contribution in [3.8, 4) is 0 Å². The predicted octanol–water partition coefficient (Wildman–Crippen LogP) is 3.32. The topological polar surface area (TPSA) is 101 Å². The summed E-state index contributed by atoms with van der Waals surface area (Å²) in [6.07, 6.45) is 0.257. The van der Waals surface area contributed by atoms with Gasteiger partial charge in [-0.25, -0.2) is 4.98 Å². The van der Waals surface area contributed by atoms with Crippen molar-refractivity contribution < 1.29 is 18.0 Å². The van der Waals surface area contributed by atoms with Gasteiger partial charge in [0.1, 0.15) is 17.4 Å². The van der Waals surface area contributed by atoms with Gasteiger partial charge in [0.05, 0.1) is 24.0 Å². The van der Waals surface area contributed by atoms with Gasteiger partial charge in [0.15, 0.2) is 5.82 Å². The smallest absolute Gasteiger partial charge is 0.347 e. The lowest BCUT2D eigenvalue weighted by Gasteiger charge is -2.32. The first-order valence-electron chi connectivity index (χ1n) is 10.9.